The summed E-state index contributed by atoms with van der Waals surface area (Å²) in [5.74, 6) is 1.01. The van der Waals surface area contributed by atoms with Crippen molar-refractivity contribution in [1.82, 2.24) is 14.8 Å². The summed E-state index contributed by atoms with van der Waals surface area (Å²) in [6, 6.07) is 12.5. The summed E-state index contributed by atoms with van der Waals surface area (Å²) in [7, 11) is 0. The molecule has 4 nitrogen and oxygen atoms in total. The van der Waals surface area contributed by atoms with Crippen LogP contribution in [0.15, 0.2) is 52.2 Å². The monoisotopic (exact) mass is 385 g/mol. The van der Waals surface area contributed by atoms with E-state index < -0.39 is 0 Å². The van der Waals surface area contributed by atoms with E-state index in [9.17, 15) is 4.79 Å². The summed E-state index contributed by atoms with van der Waals surface area (Å²) in [6.07, 6.45) is 0. The second-order valence-corrected chi connectivity index (χ2v) is 6.89. The second kappa shape index (κ2) is 7.01. The lowest BCUT2D eigenvalue weighted by molar-refractivity contribution is 0.933. The predicted molar refractivity (Wildman–Crippen MR) is 95.2 cm³/mol. The first-order valence-electron chi connectivity index (χ1n) is 6.55. The van der Waals surface area contributed by atoms with Crippen molar-refractivity contribution >= 4 is 46.6 Å². The first-order valence-corrected chi connectivity index (χ1v) is 8.67. The van der Waals surface area contributed by atoms with E-state index in [0.717, 1.165) is 4.90 Å². The average molecular weight is 387 g/mol. The Morgan fingerprint density at radius 3 is 2.35 bits per heavy atom. The molecule has 0 aliphatic heterocycles. The van der Waals surface area contributed by atoms with Crippen molar-refractivity contribution < 1.29 is 0 Å². The van der Waals surface area contributed by atoms with E-state index in [-0.39, 0.29) is 5.69 Å². The molecule has 1 aromatic heterocycles. The van der Waals surface area contributed by atoms with Gasteiger partial charge in [-0.05, 0) is 36.4 Å². The van der Waals surface area contributed by atoms with Crippen molar-refractivity contribution in [2.24, 2.45) is 0 Å². The second-order valence-electron chi connectivity index (χ2n) is 4.59. The van der Waals surface area contributed by atoms with Gasteiger partial charge in [-0.3, -0.25) is 0 Å². The Balaban J connectivity index is 1.93. The number of hydrogen-bond donors (Lipinski definition) is 1. The van der Waals surface area contributed by atoms with Gasteiger partial charge in [0.15, 0.2) is 0 Å². The zero-order chi connectivity index (χ0) is 16.4. The Morgan fingerprint density at radius 2 is 1.70 bits per heavy atom. The lowest BCUT2D eigenvalue weighted by atomic mass is 10.3. The number of thioether (sulfide) groups is 1. The lowest BCUT2D eigenvalue weighted by Crippen LogP contribution is -2.17. The quantitative estimate of drug-likeness (QED) is 0.654. The molecule has 0 fully saturated rings. The molecule has 0 aliphatic carbocycles. The molecule has 0 atom stereocenters. The maximum absolute atomic E-state index is 12.1. The van der Waals surface area contributed by atoms with Gasteiger partial charge < -0.3 is 0 Å². The Kier molecular flexibility index (Phi) is 5.02. The van der Waals surface area contributed by atoms with Crippen molar-refractivity contribution in [1.29, 1.82) is 0 Å². The predicted octanol–water partition coefficient (Wildman–Crippen LogP) is 4.81. The van der Waals surface area contributed by atoms with Crippen LogP contribution in [0.2, 0.25) is 15.1 Å². The number of para-hydroxylation sites is 1. The van der Waals surface area contributed by atoms with E-state index in [2.05, 4.69) is 10.2 Å². The third-order valence-corrected chi connectivity index (χ3v) is 4.95. The summed E-state index contributed by atoms with van der Waals surface area (Å²) < 4.78 is 1.40. The van der Waals surface area contributed by atoms with Crippen LogP contribution in [0.25, 0.3) is 5.69 Å². The van der Waals surface area contributed by atoms with Gasteiger partial charge >= 0.3 is 5.69 Å². The number of aromatic amines is 1. The summed E-state index contributed by atoms with van der Waals surface area (Å²) in [4.78, 5) is 13.1. The molecule has 3 aromatic rings. The molecule has 0 radical (unpaired) electrons. The van der Waals surface area contributed by atoms with E-state index in [1.807, 2.05) is 24.3 Å². The van der Waals surface area contributed by atoms with Crippen LogP contribution in [0.1, 0.15) is 5.82 Å². The molecule has 0 bridgehead atoms. The zero-order valence-corrected chi connectivity index (χ0v) is 14.7. The fourth-order valence-electron chi connectivity index (χ4n) is 2.04. The van der Waals surface area contributed by atoms with Gasteiger partial charge in [-0.1, -0.05) is 40.9 Å². The highest BCUT2D eigenvalue weighted by atomic mass is 35.5. The Labute approximate surface area is 151 Å². The summed E-state index contributed by atoms with van der Waals surface area (Å²) in [6.45, 7) is 0. The van der Waals surface area contributed by atoms with Crippen LogP contribution < -0.4 is 5.69 Å². The minimum absolute atomic E-state index is 0.383. The van der Waals surface area contributed by atoms with Gasteiger partial charge in [-0.2, -0.15) is 5.10 Å². The molecule has 0 aliphatic rings. The first-order chi connectivity index (χ1) is 11.1. The Bertz CT molecular complexity index is 869. The maximum Gasteiger partial charge on any atom is 0.348 e. The number of rotatable bonds is 4. The van der Waals surface area contributed by atoms with Crippen molar-refractivity contribution in [3.63, 3.8) is 0 Å². The molecule has 1 N–H and O–H groups in total. The maximum atomic E-state index is 12.1. The molecule has 23 heavy (non-hydrogen) atoms. The van der Waals surface area contributed by atoms with Gasteiger partial charge in [0, 0.05) is 9.92 Å². The van der Waals surface area contributed by atoms with Gasteiger partial charge in [0.1, 0.15) is 5.82 Å². The van der Waals surface area contributed by atoms with Crippen LogP contribution in [0.5, 0.6) is 0 Å². The van der Waals surface area contributed by atoms with Crippen LogP contribution in [0, 0.1) is 0 Å². The number of hydrogen-bond acceptors (Lipinski definition) is 3. The topological polar surface area (TPSA) is 50.7 Å². The molecular formula is C15H10Cl3N3OS. The fourth-order valence-corrected chi connectivity index (χ4v) is 3.55. The minimum atomic E-state index is -0.383. The van der Waals surface area contributed by atoms with E-state index in [1.54, 1.807) is 18.2 Å². The molecule has 3 rings (SSSR count). The van der Waals surface area contributed by atoms with Gasteiger partial charge in [-0.25, -0.2) is 14.5 Å². The highest BCUT2D eigenvalue weighted by Gasteiger charge is 2.16. The molecule has 0 saturated carbocycles. The largest absolute Gasteiger partial charge is 0.348 e. The zero-order valence-electron chi connectivity index (χ0n) is 11.6. The third-order valence-electron chi connectivity index (χ3n) is 3.08. The third kappa shape index (κ3) is 3.58. The van der Waals surface area contributed by atoms with Crippen LogP contribution in [-0.2, 0) is 5.75 Å². The molecule has 0 spiro atoms. The van der Waals surface area contributed by atoms with Gasteiger partial charge in [0.05, 0.1) is 21.5 Å². The Morgan fingerprint density at radius 1 is 1.04 bits per heavy atom. The lowest BCUT2D eigenvalue weighted by Gasteiger charge is -2.09. The molecule has 0 amide bonds. The van der Waals surface area contributed by atoms with Crippen molar-refractivity contribution in [3.8, 4) is 5.69 Å². The number of benzene rings is 2. The minimum Gasteiger partial charge on any atom is -0.246 e. The molecule has 8 heteroatoms. The molecule has 118 valence electrons. The fraction of sp³-hybridized carbons (Fsp3) is 0.0667. The molecule has 1 heterocycles. The first kappa shape index (κ1) is 16.5. The van der Waals surface area contributed by atoms with E-state index in [0.29, 0.717) is 32.3 Å². The Hall–Kier alpha value is -1.40. The highest BCUT2D eigenvalue weighted by molar-refractivity contribution is 7.98. The standard InChI is InChI=1S/C15H10Cl3N3OS/c16-9-4-6-10(7-5-9)23-8-13-19-20-15(22)21(13)14-11(17)2-1-3-12(14)18/h1-7H,8H2,(H,20,22). The molecule has 2 aromatic carbocycles. The van der Waals surface area contributed by atoms with Gasteiger partial charge in [-0.15, -0.1) is 11.8 Å². The molecule has 0 saturated heterocycles. The van der Waals surface area contributed by atoms with Gasteiger partial charge in [0.2, 0.25) is 0 Å². The molecular weight excluding hydrogens is 377 g/mol. The van der Waals surface area contributed by atoms with Crippen molar-refractivity contribution in [2.45, 2.75) is 10.6 Å². The van der Waals surface area contributed by atoms with Crippen LogP contribution in [0.3, 0.4) is 0 Å². The van der Waals surface area contributed by atoms with Crippen molar-refractivity contribution in [2.75, 3.05) is 0 Å². The van der Waals surface area contributed by atoms with Gasteiger partial charge in [0.25, 0.3) is 0 Å². The summed E-state index contributed by atoms with van der Waals surface area (Å²) in [5.41, 5.74) is 0.0491. The van der Waals surface area contributed by atoms with E-state index in [1.165, 1.54) is 16.3 Å². The number of nitrogens with one attached hydrogen (secondary N) is 1. The van der Waals surface area contributed by atoms with Crippen LogP contribution >= 0.6 is 46.6 Å². The van der Waals surface area contributed by atoms with E-state index in [4.69, 9.17) is 34.8 Å². The SMILES string of the molecule is O=c1[nH]nc(CSc2ccc(Cl)cc2)n1-c1c(Cl)cccc1Cl. The highest BCUT2D eigenvalue weighted by Crippen LogP contribution is 2.29. The smallest absolute Gasteiger partial charge is 0.246 e. The van der Waals surface area contributed by atoms with Crippen LogP contribution in [0.4, 0.5) is 0 Å². The number of halogens is 3. The normalized spacial score (nSPS) is 10.9. The van der Waals surface area contributed by atoms with E-state index >= 15 is 0 Å². The van der Waals surface area contributed by atoms with Crippen molar-refractivity contribution in [3.05, 3.63) is 73.8 Å². The van der Waals surface area contributed by atoms with Crippen LogP contribution in [-0.4, -0.2) is 14.8 Å². The number of H-pyrrole nitrogens is 1. The summed E-state index contributed by atoms with van der Waals surface area (Å²) >= 11 is 19.8. The average Bonchev–Trinajstić information content (AvgIpc) is 2.88. The summed E-state index contributed by atoms with van der Waals surface area (Å²) in [5, 5.41) is 7.96. The number of nitrogens with zero attached hydrogens (tertiary/aromatic N) is 2. The molecule has 0 unspecified atom stereocenters. The number of aromatic nitrogens is 3.